The number of nitrogens with two attached hydrogens (primary N) is 1. The van der Waals surface area contributed by atoms with E-state index in [9.17, 15) is 22.8 Å². The average Bonchev–Trinajstić information content (AvgIpc) is 3.19. The summed E-state index contributed by atoms with van der Waals surface area (Å²) < 4.78 is 43.2. The molecule has 0 bridgehead atoms. The largest absolute Gasteiger partial charge is 0.365 e. The molecule has 182 valence electrons. The van der Waals surface area contributed by atoms with Crippen LogP contribution < -0.4 is 11.1 Å². The molecule has 3 heterocycles. The highest BCUT2D eigenvalue weighted by atomic mass is 19.3. The van der Waals surface area contributed by atoms with Gasteiger partial charge in [-0.2, -0.15) is 5.10 Å². The van der Waals surface area contributed by atoms with Gasteiger partial charge in [-0.3, -0.25) is 14.5 Å². The van der Waals surface area contributed by atoms with Gasteiger partial charge in [0.15, 0.2) is 0 Å². The van der Waals surface area contributed by atoms with Crippen molar-refractivity contribution in [1.29, 1.82) is 0 Å². The third kappa shape index (κ3) is 4.00. The number of nitrogens with zero attached hydrogens (tertiary/aromatic N) is 4. The maximum absolute atomic E-state index is 13.9. The van der Waals surface area contributed by atoms with Gasteiger partial charge in [0.1, 0.15) is 11.5 Å². The lowest BCUT2D eigenvalue weighted by Crippen LogP contribution is -2.62. The quantitative estimate of drug-likeness (QED) is 0.592. The number of fused-ring (bicyclic) bond motifs is 1. The second-order valence-electron chi connectivity index (χ2n) is 9.11. The molecule has 0 spiro atoms. The highest BCUT2D eigenvalue weighted by molar-refractivity contribution is 6.00. The van der Waals surface area contributed by atoms with E-state index in [1.807, 2.05) is 0 Å². The predicted molar refractivity (Wildman–Crippen MR) is 120 cm³/mol. The van der Waals surface area contributed by atoms with Crippen LogP contribution in [-0.2, 0) is 18.6 Å². The molecule has 5 rings (SSSR count). The average molecular weight is 484 g/mol. The number of halogens is 3. The first-order valence-electron chi connectivity index (χ1n) is 11.1. The molecular formula is C24H23F3N6O2. The van der Waals surface area contributed by atoms with E-state index in [0.29, 0.717) is 28.1 Å². The summed E-state index contributed by atoms with van der Waals surface area (Å²) in [6, 6.07) is 7.15. The zero-order valence-electron chi connectivity index (χ0n) is 18.9. The molecule has 0 atom stereocenters. The first-order chi connectivity index (χ1) is 16.6. The highest BCUT2D eigenvalue weighted by Gasteiger charge is 2.58. The van der Waals surface area contributed by atoms with Gasteiger partial charge in [-0.25, -0.2) is 18.0 Å². The lowest BCUT2D eigenvalue weighted by molar-refractivity contribution is -0.134. The lowest BCUT2D eigenvalue weighted by atomic mass is 9.69. The molecule has 11 heteroatoms. The van der Waals surface area contributed by atoms with E-state index in [1.165, 1.54) is 29.4 Å². The van der Waals surface area contributed by atoms with Crippen molar-refractivity contribution in [2.75, 3.05) is 6.54 Å². The Balaban J connectivity index is 1.43. The van der Waals surface area contributed by atoms with Gasteiger partial charge in [0.2, 0.25) is 0 Å². The Morgan fingerprint density at radius 1 is 1.17 bits per heavy atom. The second kappa shape index (κ2) is 8.10. The van der Waals surface area contributed by atoms with E-state index in [-0.39, 0.29) is 31.0 Å². The van der Waals surface area contributed by atoms with Crippen molar-refractivity contribution in [2.24, 2.45) is 5.73 Å². The van der Waals surface area contributed by atoms with Crippen molar-refractivity contribution in [3.05, 3.63) is 70.9 Å². The molecule has 3 amide bonds. The SMILES string of the molecule is Cc1cc(-c2nn3c(c2C(N)=O)CN(C(=O)NC2(c4cccnc4)CC(F)(F)C2)CC3)ccc1F. The molecular weight excluding hydrogens is 461 g/mol. The number of hydrogen-bond donors (Lipinski definition) is 2. The molecule has 2 aromatic heterocycles. The fraction of sp³-hybridized carbons (Fsp3) is 0.333. The molecule has 0 unspecified atom stereocenters. The van der Waals surface area contributed by atoms with Gasteiger partial charge in [-0.15, -0.1) is 0 Å². The summed E-state index contributed by atoms with van der Waals surface area (Å²) in [6.07, 6.45) is 1.96. The summed E-state index contributed by atoms with van der Waals surface area (Å²) in [4.78, 5) is 31.0. The zero-order valence-corrected chi connectivity index (χ0v) is 18.9. The van der Waals surface area contributed by atoms with E-state index < -0.39 is 36.2 Å². The Hall–Kier alpha value is -3.89. The summed E-state index contributed by atoms with van der Waals surface area (Å²) in [6.45, 7) is 2.14. The van der Waals surface area contributed by atoms with Crippen LogP contribution in [0, 0.1) is 12.7 Å². The summed E-state index contributed by atoms with van der Waals surface area (Å²) in [5.74, 6) is -3.99. The van der Waals surface area contributed by atoms with Crippen LogP contribution in [0.3, 0.4) is 0 Å². The Morgan fingerprint density at radius 3 is 2.57 bits per heavy atom. The maximum Gasteiger partial charge on any atom is 0.318 e. The zero-order chi connectivity index (χ0) is 25.0. The summed E-state index contributed by atoms with van der Waals surface area (Å²) in [7, 11) is 0. The number of nitrogens with one attached hydrogen (secondary N) is 1. The highest BCUT2D eigenvalue weighted by Crippen LogP contribution is 2.51. The van der Waals surface area contributed by atoms with Gasteiger partial charge in [0, 0.05) is 37.3 Å². The van der Waals surface area contributed by atoms with E-state index in [2.05, 4.69) is 15.4 Å². The third-order valence-corrected chi connectivity index (χ3v) is 6.63. The van der Waals surface area contributed by atoms with E-state index >= 15 is 0 Å². The van der Waals surface area contributed by atoms with Crippen molar-refractivity contribution in [3.63, 3.8) is 0 Å². The van der Waals surface area contributed by atoms with Crippen LogP contribution in [0.5, 0.6) is 0 Å². The number of carbonyl (C=O) groups is 2. The molecule has 35 heavy (non-hydrogen) atoms. The third-order valence-electron chi connectivity index (χ3n) is 6.63. The number of alkyl halides is 2. The number of aromatic nitrogens is 3. The molecule has 3 N–H and O–H groups in total. The minimum Gasteiger partial charge on any atom is -0.365 e. The van der Waals surface area contributed by atoms with E-state index in [4.69, 9.17) is 5.73 Å². The van der Waals surface area contributed by atoms with Crippen molar-refractivity contribution in [1.82, 2.24) is 25.0 Å². The number of benzene rings is 1. The number of rotatable bonds is 4. The Bertz CT molecular complexity index is 1320. The van der Waals surface area contributed by atoms with Crippen molar-refractivity contribution in [2.45, 2.75) is 44.3 Å². The van der Waals surface area contributed by atoms with Gasteiger partial charge in [0.05, 0.1) is 29.9 Å². The summed E-state index contributed by atoms with van der Waals surface area (Å²) in [5.41, 5.74) is 6.76. The molecule has 1 aliphatic heterocycles. The van der Waals surface area contributed by atoms with Gasteiger partial charge in [0.25, 0.3) is 11.8 Å². The van der Waals surface area contributed by atoms with Crippen molar-refractivity contribution in [3.8, 4) is 11.3 Å². The number of amides is 3. The van der Waals surface area contributed by atoms with Crippen molar-refractivity contribution < 1.29 is 22.8 Å². The summed E-state index contributed by atoms with van der Waals surface area (Å²) >= 11 is 0. The van der Waals surface area contributed by atoms with Crippen molar-refractivity contribution >= 4 is 11.9 Å². The lowest BCUT2D eigenvalue weighted by Gasteiger charge is -2.48. The fourth-order valence-electron chi connectivity index (χ4n) is 4.87. The Labute approximate surface area is 198 Å². The molecule has 0 saturated heterocycles. The van der Waals surface area contributed by atoms with Gasteiger partial charge in [-0.1, -0.05) is 6.07 Å². The van der Waals surface area contributed by atoms with Crippen LogP contribution in [0.4, 0.5) is 18.0 Å². The monoisotopic (exact) mass is 484 g/mol. The van der Waals surface area contributed by atoms with Gasteiger partial charge >= 0.3 is 6.03 Å². The number of carbonyl (C=O) groups excluding carboxylic acids is 2. The minimum atomic E-state index is -2.88. The fourth-order valence-corrected chi connectivity index (χ4v) is 4.87. The standard InChI is InChI=1S/C24H23F3N6O2/c1-14-9-15(4-5-17(14)25)20-19(21(28)34)18-11-32(7-8-33(18)31-20)22(35)30-23(12-24(26,27)13-23)16-3-2-6-29-10-16/h2-6,9-10H,7-8,11-13H2,1H3,(H2,28,34)(H,30,35). The molecule has 2 aliphatic rings. The van der Waals surface area contributed by atoms with Crippen LogP contribution >= 0.6 is 0 Å². The molecule has 8 nitrogen and oxygen atoms in total. The molecule has 3 aromatic rings. The maximum atomic E-state index is 13.9. The van der Waals surface area contributed by atoms with Crippen LogP contribution in [0.1, 0.15) is 40.0 Å². The topological polar surface area (TPSA) is 106 Å². The number of urea groups is 1. The molecule has 1 fully saturated rings. The van der Waals surface area contributed by atoms with E-state index in [0.717, 1.165) is 0 Å². The first-order valence-corrected chi connectivity index (χ1v) is 11.1. The molecule has 1 saturated carbocycles. The second-order valence-corrected chi connectivity index (χ2v) is 9.11. The van der Waals surface area contributed by atoms with Gasteiger partial charge in [-0.05, 0) is 42.3 Å². The number of hydrogen-bond acceptors (Lipinski definition) is 4. The molecule has 0 radical (unpaired) electrons. The number of aryl methyl sites for hydroxylation is 1. The molecule has 1 aliphatic carbocycles. The van der Waals surface area contributed by atoms with E-state index in [1.54, 1.807) is 29.8 Å². The van der Waals surface area contributed by atoms with Crippen LogP contribution in [0.2, 0.25) is 0 Å². The van der Waals surface area contributed by atoms with Crippen LogP contribution in [0.15, 0.2) is 42.7 Å². The smallest absolute Gasteiger partial charge is 0.318 e. The predicted octanol–water partition coefficient (Wildman–Crippen LogP) is 3.34. The Morgan fingerprint density at radius 2 is 1.94 bits per heavy atom. The number of pyridine rings is 1. The summed E-state index contributed by atoms with van der Waals surface area (Å²) in [5, 5.41) is 7.29. The minimum absolute atomic E-state index is 0.0107. The normalized spacial score (nSPS) is 17.9. The number of primary amides is 1. The van der Waals surface area contributed by atoms with Crippen LogP contribution in [-0.4, -0.2) is 44.1 Å². The first kappa shape index (κ1) is 22.9. The Kier molecular flexibility index (Phi) is 5.30. The van der Waals surface area contributed by atoms with Crippen LogP contribution in [0.25, 0.3) is 11.3 Å². The van der Waals surface area contributed by atoms with Gasteiger partial charge < -0.3 is 16.0 Å². The molecule has 1 aromatic carbocycles.